The zero-order valence-corrected chi connectivity index (χ0v) is 16.6. The molecule has 134 valence electrons. The van der Waals surface area contributed by atoms with Gasteiger partial charge in [0.2, 0.25) is 0 Å². The number of benzene rings is 2. The third-order valence-corrected chi connectivity index (χ3v) is 5.41. The van der Waals surface area contributed by atoms with Crippen molar-refractivity contribution < 1.29 is 9.53 Å². The van der Waals surface area contributed by atoms with Crippen LogP contribution in [-0.2, 0) is 10.5 Å². The quantitative estimate of drug-likeness (QED) is 0.634. The number of halogens is 2. The molecule has 0 aliphatic carbocycles. The van der Waals surface area contributed by atoms with E-state index in [1.165, 1.54) is 5.56 Å². The Hall–Kier alpha value is -1.36. The second-order valence-electron chi connectivity index (χ2n) is 5.69. The molecular weight excluding hydrogens is 377 g/mol. The maximum atomic E-state index is 11.8. The summed E-state index contributed by atoms with van der Waals surface area (Å²) < 4.78 is 5.53. The summed E-state index contributed by atoms with van der Waals surface area (Å²) in [6.07, 6.45) is 0. The van der Waals surface area contributed by atoms with Crippen molar-refractivity contribution in [3.63, 3.8) is 0 Å². The van der Waals surface area contributed by atoms with Crippen LogP contribution >= 0.6 is 35.0 Å². The minimum absolute atomic E-state index is 0.00234. The lowest BCUT2D eigenvalue weighted by Gasteiger charge is -2.10. The summed E-state index contributed by atoms with van der Waals surface area (Å²) >= 11 is 13.7. The van der Waals surface area contributed by atoms with Crippen molar-refractivity contribution in [1.82, 2.24) is 5.32 Å². The Balaban J connectivity index is 1.63. The second kappa shape index (κ2) is 9.95. The van der Waals surface area contributed by atoms with E-state index in [4.69, 9.17) is 27.9 Å². The summed E-state index contributed by atoms with van der Waals surface area (Å²) in [5, 5.41) is 4.33. The van der Waals surface area contributed by atoms with Crippen LogP contribution in [0.1, 0.15) is 16.7 Å². The first-order valence-electron chi connectivity index (χ1n) is 7.94. The highest BCUT2D eigenvalue weighted by molar-refractivity contribution is 7.98. The van der Waals surface area contributed by atoms with Crippen LogP contribution in [-0.4, -0.2) is 24.8 Å². The maximum absolute atomic E-state index is 11.8. The van der Waals surface area contributed by atoms with Gasteiger partial charge >= 0.3 is 0 Å². The second-order valence-corrected chi connectivity index (χ2v) is 7.61. The number of hydrogen-bond donors (Lipinski definition) is 1. The molecule has 0 fully saturated rings. The minimum Gasteiger partial charge on any atom is -0.484 e. The average molecular weight is 398 g/mol. The first-order chi connectivity index (χ1) is 12.0. The molecule has 0 spiro atoms. The number of nitrogens with one attached hydrogen (secondary N) is 1. The predicted molar refractivity (Wildman–Crippen MR) is 107 cm³/mol. The lowest BCUT2D eigenvalue weighted by atomic mass is 10.1. The van der Waals surface area contributed by atoms with Crippen molar-refractivity contribution in [1.29, 1.82) is 0 Å². The van der Waals surface area contributed by atoms with E-state index >= 15 is 0 Å². The van der Waals surface area contributed by atoms with Crippen molar-refractivity contribution in [2.75, 3.05) is 18.9 Å². The van der Waals surface area contributed by atoms with E-state index in [-0.39, 0.29) is 12.5 Å². The maximum Gasteiger partial charge on any atom is 0.257 e. The molecule has 0 aliphatic heterocycles. The molecule has 0 saturated heterocycles. The molecule has 0 saturated carbocycles. The molecule has 1 amide bonds. The first kappa shape index (κ1) is 20.0. The number of amides is 1. The number of rotatable bonds is 8. The molecule has 2 aromatic rings. The van der Waals surface area contributed by atoms with Gasteiger partial charge in [-0.15, -0.1) is 0 Å². The van der Waals surface area contributed by atoms with E-state index in [2.05, 4.69) is 5.32 Å². The van der Waals surface area contributed by atoms with E-state index in [0.29, 0.717) is 12.3 Å². The molecular formula is C19H21Cl2NO2S. The Morgan fingerprint density at radius 2 is 1.76 bits per heavy atom. The Morgan fingerprint density at radius 3 is 2.40 bits per heavy atom. The smallest absolute Gasteiger partial charge is 0.257 e. The highest BCUT2D eigenvalue weighted by Crippen LogP contribution is 2.25. The number of carbonyl (C=O) groups excluding carboxylic acids is 1. The molecule has 0 atom stereocenters. The van der Waals surface area contributed by atoms with Gasteiger partial charge in [0, 0.05) is 28.1 Å². The Labute approximate surface area is 163 Å². The third kappa shape index (κ3) is 6.81. The summed E-state index contributed by atoms with van der Waals surface area (Å²) in [6.45, 7) is 4.45. The van der Waals surface area contributed by atoms with Gasteiger partial charge in [0.25, 0.3) is 5.91 Å². The predicted octanol–water partition coefficient (Wildman–Crippen LogP) is 5.04. The van der Waals surface area contributed by atoms with E-state index in [0.717, 1.165) is 32.7 Å². The molecule has 0 heterocycles. The van der Waals surface area contributed by atoms with Crippen molar-refractivity contribution in [2.45, 2.75) is 19.6 Å². The highest BCUT2D eigenvalue weighted by Gasteiger charge is 2.06. The molecule has 0 bridgehead atoms. The molecule has 6 heteroatoms. The monoisotopic (exact) mass is 397 g/mol. The molecule has 25 heavy (non-hydrogen) atoms. The highest BCUT2D eigenvalue weighted by atomic mass is 35.5. The normalized spacial score (nSPS) is 10.6. The van der Waals surface area contributed by atoms with Gasteiger partial charge in [-0.25, -0.2) is 0 Å². The van der Waals surface area contributed by atoms with Crippen LogP contribution in [0.25, 0.3) is 0 Å². The van der Waals surface area contributed by atoms with Crippen LogP contribution < -0.4 is 10.1 Å². The van der Waals surface area contributed by atoms with Gasteiger partial charge in [-0.05, 0) is 54.8 Å². The average Bonchev–Trinajstić information content (AvgIpc) is 2.59. The summed E-state index contributed by atoms with van der Waals surface area (Å²) in [7, 11) is 0. The fourth-order valence-corrected chi connectivity index (χ4v) is 3.28. The Kier molecular flexibility index (Phi) is 7.94. The first-order valence-corrected chi connectivity index (χ1v) is 9.85. The van der Waals surface area contributed by atoms with E-state index < -0.39 is 0 Å². The van der Waals surface area contributed by atoms with Crippen LogP contribution in [0.3, 0.4) is 0 Å². The Morgan fingerprint density at radius 1 is 1.12 bits per heavy atom. The number of ether oxygens (including phenoxy) is 1. The molecule has 1 N–H and O–H groups in total. The number of aryl methyl sites for hydroxylation is 2. The van der Waals surface area contributed by atoms with Gasteiger partial charge in [-0.2, -0.15) is 11.8 Å². The fourth-order valence-electron chi connectivity index (χ4n) is 2.22. The van der Waals surface area contributed by atoms with E-state index in [9.17, 15) is 4.79 Å². The fraction of sp³-hybridized carbons (Fsp3) is 0.316. The van der Waals surface area contributed by atoms with E-state index in [1.807, 2.05) is 50.2 Å². The number of carbonyl (C=O) groups is 1. The third-order valence-electron chi connectivity index (χ3n) is 3.53. The summed E-state index contributed by atoms with van der Waals surface area (Å²) in [4.78, 5) is 11.8. The van der Waals surface area contributed by atoms with Crippen molar-refractivity contribution in [3.8, 4) is 5.75 Å². The lowest BCUT2D eigenvalue weighted by Crippen LogP contribution is -2.30. The molecule has 2 rings (SSSR count). The molecule has 0 radical (unpaired) electrons. The summed E-state index contributed by atoms with van der Waals surface area (Å²) in [5.74, 6) is 2.27. The van der Waals surface area contributed by atoms with Gasteiger partial charge in [0.1, 0.15) is 5.75 Å². The van der Waals surface area contributed by atoms with Crippen molar-refractivity contribution in [3.05, 3.63) is 63.1 Å². The Bertz CT molecular complexity index is 697. The largest absolute Gasteiger partial charge is 0.484 e. The van der Waals surface area contributed by atoms with Gasteiger partial charge in [-0.1, -0.05) is 35.3 Å². The minimum atomic E-state index is -0.127. The molecule has 0 aromatic heterocycles. The zero-order chi connectivity index (χ0) is 18.2. The number of hydrogen-bond acceptors (Lipinski definition) is 3. The van der Waals surface area contributed by atoms with Crippen LogP contribution in [0.5, 0.6) is 5.75 Å². The van der Waals surface area contributed by atoms with Gasteiger partial charge in [0.15, 0.2) is 6.61 Å². The van der Waals surface area contributed by atoms with Crippen molar-refractivity contribution >= 4 is 40.9 Å². The molecule has 3 nitrogen and oxygen atoms in total. The number of thioether (sulfide) groups is 1. The van der Waals surface area contributed by atoms with Crippen LogP contribution in [0, 0.1) is 13.8 Å². The van der Waals surface area contributed by atoms with Gasteiger partial charge in [-0.3, -0.25) is 4.79 Å². The summed E-state index contributed by atoms with van der Waals surface area (Å²) in [6, 6.07) is 11.5. The summed E-state index contributed by atoms with van der Waals surface area (Å²) in [5.41, 5.74) is 3.10. The van der Waals surface area contributed by atoms with Crippen LogP contribution in [0.2, 0.25) is 10.0 Å². The van der Waals surface area contributed by atoms with E-state index in [1.54, 1.807) is 11.8 Å². The van der Waals surface area contributed by atoms with Gasteiger partial charge in [0.05, 0.1) is 0 Å². The van der Waals surface area contributed by atoms with Gasteiger partial charge < -0.3 is 10.1 Å². The van der Waals surface area contributed by atoms with Crippen LogP contribution in [0.15, 0.2) is 36.4 Å². The lowest BCUT2D eigenvalue weighted by molar-refractivity contribution is -0.122. The van der Waals surface area contributed by atoms with Crippen LogP contribution in [0.4, 0.5) is 0 Å². The topological polar surface area (TPSA) is 38.3 Å². The standard InChI is InChI=1S/C19H21Cl2NO2S/c1-13-9-17(10-14(2)19(13)21)24-11-18(23)22-7-8-25-12-15-3-5-16(20)6-4-15/h3-6,9-10H,7-8,11-12H2,1-2H3,(H,22,23). The zero-order valence-electron chi connectivity index (χ0n) is 14.3. The molecule has 2 aromatic carbocycles. The molecule has 0 aliphatic rings. The van der Waals surface area contributed by atoms with Crippen molar-refractivity contribution in [2.24, 2.45) is 0 Å². The SMILES string of the molecule is Cc1cc(OCC(=O)NCCSCc2ccc(Cl)cc2)cc(C)c1Cl. The molecule has 0 unspecified atom stereocenters.